The van der Waals surface area contributed by atoms with Crippen molar-refractivity contribution < 1.29 is 14.3 Å². The average molecular weight is 348 g/mol. The zero-order valence-corrected chi connectivity index (χ0v) is 14.8. The van der Waals surface area contributed by atoms with Crippen molar-refractivity contribution in [3.63, 3.8) is 0 Å². The molecule has 0 unspecified atom stereocenters. The van der Waals surface area contributed by atoms with Crippen LogP contribution in [0.5, 0.6) is 11.5 Å². The Hall–Kier alpha value is -2.20. The lowest BCUT2D eigenvalue weighted by molar-refractivity contribution is -0.128. The summed E-state index contributed by atoms with van der Waals surface area (Å²) in [5.41, 5.74) is 0.997. The molecule has 0 aliphatic heterocycles. The van der Waals surface area contributed by atoms with Crippen LogP contribution in [0.2, 0.25) is 5.02 Å². The minimum Gasteiger partial charge on any atom is -0.497 e. The second kappa shape index (κ2) is 8.60. The van der Waals surface area contributed by atoms with Gasteiger partial charge >= 0.3 is 0 Å². The maximum absolute atomic E-state index is 12.5. The summed E-state index contributed by atoms with van der Waals surface area (Å²) in [6.45, 7) is 3.83. The molecule has 2 aromatic rings. The van der Waals surface area contributed by atoms with Gasteiger partial charge in [0.05, 0.1) is 18.2 Å². The molecule has 0 fully saturated rings. The van der Waals surface area contributed by atoms with Gasteiger partial charge in [-0.15, -0.1) is 0 Å². The summed E-state index contributed by atoms with van der Waals surface area (Å²) in [5, 5.41) is 3.47. The fraction of sp³-hybridized carbons (Fsp3) is 0.316. The van der Waals surface area contributed by atoms with Gasteiger partial charge < -0.3 is 14.8 Å². The highest BCUT2D eigenvalue weighted by molar-refractivity contribution is 6.32. The van der Waals surface area contributed by atoms with Crippen LogP contribution in [-0.4, -0.2) is 19.1 Å². The molecule has 128 valence electrons. The van der Waals surface area contributed by atoms with E-state index in [0.717, 1.165) is 11.3 Å². The predicted octanol–water partition coefficient (Wildman–Crippen LogP) is 4.38. The van der Waals surface area contributed by atoms with Crippen LogP contribution < -0.4 is 14.8 Å². The van der Waals surface area contributed by atoms with Gasteiger partial charge in [0.2, 0.25) is 0 Å². The fourth-order valence-electron chi connectivity index (χ4n) is 2.30. The van der Waals surface area contributed by atoms with E-state index in [1.54, 1.807) is 19.2 Å². The third kappa shape index (κ3) is 4.65. The molecule has 0 saturated carbocycles. The summed E-state index contributed by atoms with van der Waals surface area (Å²) in [6.07, 6.45) is -0.0440. The van der Waals surface area contributed by atoms with Crippen molar-refractivity contribution in [3.05, 3.63) is 59.1 Å². The smallest absolute Gasteiger partial charge is 0.261 e. The van der Waals surface area contributed by atoms with E-state index >= 15 is 0 Å². The van der Waals surface area contributed by atoms with E-state index in [1.165, 1.54) is 0 Å². The lowest BCUT2D eigenvalue weighted by Crippen LogP contribution is -2.39. The topological polar surface area (TPSA) is 47.6 Å². The summed E-state index contributed by atoms with van der Waals surface area (Å²) in [4.78, 5) is 12.5. The third-order valence-corrected chi connectivity index (χ3v) is 4.06. The minimum atomic E-state index is -0.592. The first kappa shape index (κ1) is 18.1. The molecule has 24 heavy (non-hydrogen) atoms. The highest BCUT2D eigenvalue weighted by atomic mass is 35.5. The molecule has 1 amide bonds. The highest BCUT2D eigenvalue weighted by Gasteiger charge is 2.21. The molecule has 4 nitrogen and oxygen atoms in total. The van der Waals surface area contributed by atoms with E-state index in [1.807, 2.05) is 50.2 Å². The zero-order chi connectivity index (χ0) is 17.5. The van der Waals surface area contributed by atoms with Gasteiger partial charge in [-0.2, -0.15) is 0 Å². The normalized spacial score (nSPS) is 13.0. The number of hydrogen-bond donors (Lipinski definition) is 1. The Kier molecular flexibility index (Phi) is 6.50. The van der Waals surface area contributed by atoms with Crippen molar-refractivity contribution in [2.75, 3.05) is 7.11 Å². The highest BCUT2D eigenvalue weighted by Crippen LogP contribution is 2.25. The molecule has 0 aromatic heterocycles. The molecule has 2 aromatic carbocycles. The Morgan fingerprint density at radius 1 is 1.17 bits per heavy atom. The van der Waals surface area contributed by atoms with Crippen LogP contribution >= 0.6 is 11.6 Å². The van der Waals surface area contributed by atoms with Crippen LogP contribution in [0.25, 0.3) is 0 Å². The number of para-hydroxylation sites is 1. The number of carbonyl (C=O) groups excluding carboxylic acids is 1. The van der Waals surface area contributed by atoms with Crippen LogP contribution in [-0.2, 0) is 4.79 Å². The van der Waals surface area contributed by atoms with Crippen LogP contribution in [0.15, 0.2) is 48.5 Å². The number of halogens is 1. The molecule has 1 N–H and O–H groups in total. The van der Waals surface area contributed by atoms with E-state index in [4.69, 9.17) is 21.1 Å². The number of amides is 1. The van der Waals surface area contributed by atoms with Gasteiger partial charge in [-0.3, -0.25) is 4.79 Å². The number of nitrogens with one attached hydrogen (secondary N) is 1. The summed E-state index contributed by atoms with van der Waals surface area (Å²) >= 11 is 6.09. The Morgan fingerprint density at radius 3 is 2.42 bits per heavy atom. The maximum atomic E-state index is 12.5. The van der Waals surface area contributed by atoms with Crippen LogP contribution in [0.1, 0.15) is 31.9 Å². The molecule has 0 radical (unpaired) electrons. The van der Waals surface area contributed by atoms with E-state index in [9.17, 15) is 4.79 Å². The van der Waals surface area contributed by atoms with Gasteiger partial charge in [0.1, 0.15) is 11.5 Å². The lowest BCUT2D eigenvalue weighted by Gasteiger charge is -2.21. The van der Waals surface area contributed by atoms with Gasteiger partial charge in [0.25, 0.3) is 5.91 Å². The number of rotatable bonds is 7. The van der Waals surface area contributed by atoms with Crippen LogP contribution in [0.4, 0.5) is 0 Å². The van der Waals surface area contributed by atoms with E-state index in [2.05, 4.69) is 5.32 Å². The standard InChI is InChI=1S/C19H22ClNO3/c1-4-17(24-18-8-6-5-7-16(18)20)19(22)21-13(2)14-9-11-15(23-3)12-10-14/h5-13,17H,4H2,1-3H3,(H,21,22)/t13-,17-/m1/s1. The van der Waals surface area contributed by atoms with Crippen LogP contribution in [0, 0.1) is 0 Å². The van der Waals surface area contributed by atoms with Crippen molar-refractivity contribution in [2.24, 2.45) is 0 Å². The van der Waals surface area contributed by atoms with Crippen molar-refractivity contribution >= 4 is 17.5 Å². The average Bonchev–Trinajstić information content (AvgIpc) is 2.61. The Balaban J connectivity index is 2.01. The number of ether oxygens (including phenoxy) is 2. The molecule has 2 rings (SSSR count). The third-order valence-electron chi connectivity index (χ3n) is 3.74. The summed E-state index contributed by atoms with van der Waals surface area (Å²) < 4.78 is 10.9. The summed E-state index contributed by atoms with van der Waals surface area (Å²) in [5.74, 6) is 1.13. The molecular formula is C19H22ClNO3. The first-order valence-corrected chi connectivity index (χ1v) is 8.28. The molecule has 0 heterocycles. The molecule has 0 saturated heterocycles. The van der Waals surface area contributed by atoms with Gasteiger partial charge in [0, 0.05) is 0 Å². The zero-order valence-electron chi connectivity index (χ0n) is 14.1. The number of benzene rings is 2. The first-order valence-electron chi connectivity index (χ1n) is 7.90. The Morgan fingerprint density at radius 2 is 1.83 bits per heavy atom. The van der Waals surface area contributed by atoms with E-state index in [-0.39, 0.29) is 11.9 Å². The number of methoxy groups -OCH3 is 1. The lowest BCUT2D eigenvalue weighted by atomic mass is 10.1. The molecular weight excluding hydrogens is 326 g/mol. The van der Waals surface area contributed by atoms with Crippen molar-refractivity contribution in [2.45, 2.75) is 32.4 Å². The van der Waals surface area contributed by atoms with Gasteiger partial charge in [0.15, 0.2) is 6.10 Å². The Labute approximate surface area is 147 Å². The summed E-state index contributed by atoms with van der Waals surface area (Å²) in [6, 6.07) is 14.6. The molecule has 0 aliphatic rings. The number of hydrogen-bond acceptors (Lipinski definition) is 3. The first-order chi connectivity index (χ1) is 11.5. The van der Waals surface area contributed by atoms with E-state index < -0.39 is 6.10 Å². The monoisotopic (exact) mass is 347 g/mol. The molecule has 2 atom stereocenters. The SMILES string of the molecule is CC[C@@H](Oc1ccccc1Cl)C(=O)N[C@H](C)c1ccc(OC)cc1. The van der Waals surface area contributed by atoms with Crippen molar-refractivity contribution in [1.29, 1.82) is 0 Å². The second-order valence-corrected chi connectivity index (χ2v) is 5.86. The maximum Gasteiger partial charge on any atom is 0.261 e. The van der Waals surface area contributed by atoms with Gasteiger partial charge in [-0.05, 0) is 43.2 Å². The van der Waals surface area contributed by atoms with Crippen molar-refractivity contribution in [3.8, 4) is 11.5 Å². The van der Waals surface area contributed by atoms with E-state index in [0.29, 0.717) is 17.2 Å². The van der Waals surface area contributed by atoms with Gasteiger partial charge in [-0.25, -0.2) is 0 Å². The largest absolute Gasteiger partial charge is 0.497 e. The quantitative estimate of drug-likeness (QED) is 0.808. The molecule has 5 heteroatoms. The predicted molar refractivity (Wildman–Crippen MR) is 95.7 cm³/mol. The molecule has 0 bridgehead atoms. The Bertz CT molecular complexity index is 673. The van der Waals surface area contributed by atoms with Gasteiger partial charge in [-0.1, -0.05) is 42.8 Å². The second-order valence-electron chi connectivity index (χ2n) is 5.45. The number of carbonyl (C=O) groups is 1. The fourth-order valence-corrected chi connectivity index (χ4v) is 2.48. The molecule has 0 aliphatic carbocycles. The summed E-state index contributed by atoms with van der Waals surface area (Å²) in [7, 11) is 1.62. The van der Waals surface area contributed by atoms with Crippen LogP contribution in [0.3, 0.4) is 0 Å². The molecule has 0 spiro atoms. The van der Waals surface area contributed by atoms with Crippen molar-refractivity contribution in [1.82, 2.24) is 5.32 Å². The minimum absolute atomic E-state index is 0.132.